The molecule has 1 aliphatic rings. The predicted molar refractivity (Wildman–Crippen MR) is 85.6 cm³/mol. The number of alkyl halides is 1. The van der Waals surface area contributed by atoms with Crippen LogP contribution in [0, 0.1) is 5.82 Å². The van der Waals surface area contributed by atoms with Gasteiger partial charge in [0.25, 0.3) is 0 Å². The van der Waals surface area contributed by atoms with E-state index in [0.29, 0.717) is 11.9 Å². The van der Waals surface area contributed by atoms with Crippen molar-refractivity contribution < 1.29 is 4.39 Å². The van der Waals surface area contributed by atoms with E-state index in [0.717, 1.165) is 29.7 Å². The highest BCUT2D eigenvalue weighted by Gasteiger charge is 2.20. The number of halogens is 3. The largest absolute Gasteiger partial charge is 0.324 e. The Morgan fingerprint density at radius 2 is 1.81 bits per heavy atom. The van der Waals surface area contributed by atoms with Gasteiger partial charge < -0.3 is 4.57 Å². The van der Waals surface area contributed by atoms with E-state index in [2.05, 4.69) is 9.55 Å². The van der Waals surface area contributed by atoms with E-state index in [-0.39, 0.29) is 5.02 Å². The Morgan fingerprint density at radius 1 is 1.14 bits per heavy atom. The molecule has 1 aromatic heterocycles. The van der Waals surface area contributed by atoms with Gasteiger partial charge in [-0.15, -0.1) is 11.6 Å². The molecule has 0 saturated heterocycles. The predicted octanol–water partition coefficient (Wildman–Crippen LogP) is 5.85. The maximum Gasteiger partial charge on any atom is 0.144 e. The standard InChI is InChI=1S/C16H19Cl2FN2/c17-10-16-20-14-8-12(18)13(19)9-15(14)21(16)11-6-4-2-1-3-5-7-11/h8-9,11H,1-7,10H2. The van der Waals surface area contributed by atoms with Crippen LogP contribution in [0.2, 0.25) is 5.02 Å². The number of fused-ring (bicyclic) bond motifs is 1. The highest BCUT2D eigenvalue weighted by atomic mass is 35.5. The molecule has 0 unspecified atom stereocenters. The van der Waals surface area contributed by atoms with Gasteiger partial charge in [-0.25, -0.2) is 9.37 Å². The molecule has 1 aliphatic carbocycles. The quantitative estimate of drug-likeness (QED) is 0.632. The van der Waals surface area contributed by atoms with Crippen molar-refractivity contribution in [3.63, 3.8) is 0 Å². The fourth-order valence-corrected chi connectivity index (χ4v) is 3.68. The average molecular weight is 329 g/mol. The average Bonchev–Trinajstić information content (AvgIpc) is 2.77. The lowest BCUT2D eigenvalue weighted by atomic mass is 9.96. The molecule has 0 atom stereocenters. The first-order valence-electron chi connectivity index (χ1n) is 7.62. The molecule has 5 heteroatoms. The molecule has 114 valence electrons. The van der Waals surface area contributed by atoms with E-state index < -0.39 is 5.82 Å². The first kappa shape index (κ1) is 15.1. The highest BCUT2D eigenvalue weighted by Crippen LogP contribution is 2.33. The summed E-state index contributed by atoms with van der Waals surface area (Å²) in [6.07, 6.45) is 8.52. The Labute approximate surface area is 134 Å². The Balaban J connectivity index is 2.07. The van der Waals surface area contributed by atoms with E-state index in [1.807, 2.05) is 0 Å². The zero-order valence-electron chi connectivity index (χ0n) is 11.9. The summed E-state index contributed by atoms with van der Waals surface area (Å²) >= 11 is 11.9. The van der Waals surface area contributed by atoms with E-state index in [4.69, 9.17) is 23.2 Å². The van der Waals surface area contributed by atoms with Gasteiger partial charge in [0.1, 0.15) is 11.6 Å². The summed E-state index contributed by atoms with van der Waals surface area (Å²) < 4.78 is 16.0. The van der Waals surface area contributed by atoms with Gasteiger partial charge in [0.05, 0.1) is 21.9 Å². The number of nitrogens with zero attached hydrogens (tertiary/aromatic N) is 2. The SMILES string of the molecule is Fc1cc2c(cc1Cl)nc(CCl)n2C1CCCCCCC1. The lowest BCUT2D eigenvalue weighted by Crippen LogP contribution is -2.13. The lowest BCUT2D eigenvalue weighted by molar-refractivity contribution is 0.373. The Kier molecular flexibility index (Phi) is 4.70. The van der Waals surface area contributed by atoms with Crippen molar-refractivity contribution in [1.29, 1.82) is 0 Å². The van der Waals surface area contributed by atoms with Crippen molar-refractivity contribution in [2.24, 2.45) is 0 Å². The lowest BCUT2D eigenvalue weighted by Gasteiger charge is -2.23. The van der Waals surface area contributed by atoms with Crippen molar-refractivity contribution in [3.05, 3.63) is 28.8 Å². The van der Waals surface area contributed by atoms with Crippen LogP contribution in [-0.2, 0) is 5.88 Å². The summed E-state index contributed by atoms with van der Waals surface area (Å²) in [7, 11) is 0. The van der Waals surface area contributed by atoms with Gasteiger partial charge in [0.2, 0.25) is 0 Å². The molecule has 2 aromatic rings. The molecule has 2 nitrogen and oxygen atoms in total. The summed E-state index contributed by atoms with van der Waals surface area (Å²) in [5, 5.41) is 0.117. The highest BCUT2D eigenvalue weighted by molar-refractivity contribution is 6.31. The second kappa shape index (κ2) is 6.53. The monoisotopic (exact) mass is 328 g/mol. The van der Waals surface area contributed by atoms with Crippen LogP contribution in [0.3, 0.4) is 0 Å². The topological polar surface area (TPSA) is 17.8 Å². The van der Waals surface area contributed by atoms with Crippen molar-refractivity contribution in [2.75, 3.05) is 0 Å². The van der Waals surface area contributed by atoms with Gasteiger partial charge in [0, 0.05) is 12.1 Å². The van der Waals surface area contributed by atoms with Crippen LogP contribution in [0.1, 0.15) is 56.8 Å². The maximum atomic E-state index is 13.8. The number of rotatable bonds is 2. The smallest absolute Gasteiger partial charge is 0.144 e. The van der Waals surface area contributed by atoms with Crippen molar-refractivity contribution in [1.82, 2.24) is 9.55 Å². The van der Waals surface area contributed by atoms with Gasteiger partial charge in [-0.1, -0.05) is 43.7 Å². The zero-order valence-corrected chi connectivity index (χ0v) is 13.4. The van der Waals surface area contributed by atoms with E-state index in [1.54, 1.807) is 6.07 Å². The molecule has 0 spiro atoms. The first-order valence-corrected chi connectivity index (χ1v) is 8.54. The molecule has 0 radical (unpaired) electrons. The number of hydrogen-bond donors (Lipinski definition) is 0. The molecule has 1 saturated carbocycles. The molecular formula is C16H19Cl2FN2. The molecule has 0 amide bonds. The minimum Gasteiger partial charge on any atom is -0.324 e. The van der Waals surface area contributed by atoms with E-state index in [9.17, 15) is 4.39 Å². The van der Waals surface area contributed by atoms with Gasteiger partial charge in [-0.05, 0) is 18.9 Å². The molecular weight excluding hydrogens is 310 g/mol. The minimum atomic E-state index is -0.391. The Hall–Kier alpha value is -0.800. The number of benzene rings is 1. The van der Waals surface area contributed by atoms with Crippen LogP contribution in [0.15, 0.2) is 12.1 Å². The number of hydrogen-bond acceptors (Lipinski definition) is 1. The van der Waals surface area contributed by atoms with Crippen LogP contribution < -0.4 is 0 Å². The summed E-state index contributed by atoms with van der Waals surface area (Å²) in [6, 6.07) is 3.46. The fraction of sp³-hybridized carbons (Fsp3) is 0.562. The fourth-order valence-electron chi connectivity index (χ4n) is 3.33. The molecule has 0 bridgehead atoms. The van der Waals surface area contributed by atoms with Crippen LogP contribution in [0.4, 0.5) is 4.39 Å². The van der Waals surface area contributed by atoms with Crippen LogP contribution >= 0.6 is 23.2 Å². The normalized spacial score (nSPS) is 17.9. The minimum absolute atomic E-state index is 0.117. The van der Waals surface area contributed by atoms with Crippen molar-refractivity contribution in [2.45, 2.75) is 56.9 Å². The van der Waals surface area contributed by atoms with E-state index >= 15 is 0 Å². The molecule has 0 aliphatic heterocycles. The van der Waals surface area contributed by atoms with Crippen LogP contribution in [-0.4, -0.2) is 9.55 Å². The molecule has 0 N–H and O–H groups in total. The first-order chi connectivity index (χ1) is 10.2. The number of imidazole rings is 1. The van der Waals surface area contributed by atoms with Crippen LogP contribution in [0.5, 0.6) is 0 Å². The third-order valence-electron chi connectivity index (χ3n) is 4.36. The van der Waals surface area contributed by atoms with Gasteiger partial charge in [0.15, 0.2) is 0 Å². The molecule has 1 fully saturated rings. The Morgan fingerprint density at radius 3 is 2.48 bits per heavy atom. The molecule has 21 heavy (non-hydrogen) atoms. The van der Waals surface area contributed by atoms with Crippen molar-refractivity contribution >= 4 is 34.2 Å². The van der Waals surface area contributed by atoms with Gasteiger partial charge in [-0.3, -0.25) is 0 Å². The van der Waals surface area contributed by atoms with E-state index in [1.165, 1.54) is 38.2 Å². The third kappa shape index (κ3) is 3.04. The summed E-state index contributed by atoms with van der Waals surface area (Å²) in [6.45, 7) is 0. The zero-order chi connectivity index (χ0) is 14.8. The number of aromatic nitrogens is 2. The second-order valence-corrected chi connectivity index (χ2v) is 6.46. The summed E-state index contributed by atoms with van der Waals surface area (Å²) in [5.74, 6) is 0.765. The Bertz CT molecular complexity index is 631. The third-order valence-corrected chi connectivity index (χ3v) is 4.89. The second-order valence-electron chi connectivity index (χ2n) is 5.79. The maximum absolute atomic E-state index is 13.8. The van der Waals surface area contributed by atoms with Gasteiger partial charge in [-0.2, -0.15) is 0 Å². The summed E-state index contributed by atoms with van der Waals surface area (Å²) in [5.41, 5.74) is 1.55. The summed E-state index contributed by atoms with van der Waals surface area (Å²) in [4.78, 5) is 4.54. The van der Waals surface area contributed by atoms with Crippen molar-refractivity contribution in [3.8, 4) is 0 Å². The van der Waals surface area contributed by atoms with Crippen LogP contribution in [0.25, 0.3) is 11.0 Å². The molecule has 1 aromatic carbocycles. The molecule has 1 heterocycles. The molecule has 3 rings (SSSR count). The van der Waals surface area contributed by atoms with Gasteiger partial charge >= 0.3 is 0 Å².